The number of aromatic hydroxyl groups is 3. The maximum Gasteiger partial charge on any atom is 0.164 e. The van der Waals surface area contributed by atoms with E-state index in [1.54, 1.807) is 12.1 Å². The minimum Gasteiger partial charge on any atom is -0.508 e. The van der Waals surface area contributed by atoms with Crippen molar-refractivity contribution in [2.45, 2.75) is 12.8 Å². The number of benzene rings is 2. The number of carbonyl (C=O) groups is 1. The molecule has 0 aromatic heterocycles. The maximum atomic E-state index is 12.1. The average Bonchev–Trinajstić information content (AvgIpc) is 2.56. The Kier molecular flexibility index (Phi) is 6.03. The van der Waals surface area contributed by atoms with Crippen LogP contribution < -0.4 is 10.1 Å². The fraction of sp³-hybridized carbons (Fsp3) is 0.278. The first kappa shape index (κ1) is 17.6. The van der Waals surface area contributed by atoms with Crippen LogP contribution in [0, 0.1) is 0 Å². The van der Waals surface area contributed by atoms with Crippen LogP contribution in [0.15, 0.2) is 36.4 Å². The number of nitrogens with one attached hydrogen (secondary N) is 1. The zero-order valence-corrected chi connectivity index (χ0v) is 13.5. The van der Waals surface area contributed by atoms with E-state index < -0.39 is 0 Å². The summed E-state index contributed by atoms with van der Waals surface area (Å²) in [5.74, 6) is 0.0783. The third-order valence-corrected chi connectivity index (χ3v) is 3.61. The van der Waals surface area contributed by atoms with Crippen LogP contribution in [-0.4, -0.2) is 41.3 Å². The molecule has 0 bridgehead atoms. The van der Waals surface area contributed by atoms with Crippen LogP contribution in [0.2, 0.25) is 0 Å². The second-order valence-electron chi connectivity index (χ2n) is 5.42. The molecule has 0 aliphatic carbocycles. The monoisotopic (exact) mass is 331 g/mol. The molecule has 0 heterocycles. The van der Waals surface area contributed by atoms with Gasteiger partial charge in [0.15, 0.2) is 17.3 Å². The van der Waals surface area contributed by atoms with Gasteiger partial charge >= 0.3 is 0 Å². The molecule has 0 saturated carbocycles. The molecule has 2 aromatic carbocycles. The van der Waals surface area contributed by atoms with Gasteiger partial charge in [0.05, 0.1) is 7.11 Å². The lowest BCUT2D eigenvalue weighted by molar-refractivity contribution is 0.0982. The number of methoxy groups -OCH3 is 1. The molecule has 128 valence electrons. The van der Waals surface area contributed by atoms with E-state index in [-0.39, 0.29) is 23.0 Å². The standard InChI is InChI=1S/C18H21NO5/c1-24-15-10-13(9-14(20)11-15)16(21)5-7-19-6-4-12-2-3-17(22)18(23)8-12/h2-3,8-11,19-20,22-23H,4-7H2,1H3. The molecule has 0 aliphatic heterocycles. The van der Waals surface area contributed by atoms with Crippen LogP contribution in [0.25, 0.3) is 0 Å². The van der Waals surface area contributed by atoms with Gasteiger partial charge in [-0.25, -0.2) is 0 Å². The summed E-state index contributed by atoms with van der Waals surface area (Å²) in [6.07, 6.45) is 0.968. The highest BCUT2D eigenvalue weighted by Gasteiger charge is 2.09. The predicted molar refractivity (Wildman–Crippen MR) is 90.0 cm³/mol. The van der Waals surface area contributed by atoms with Gasteiger partial charge in [-0.3, -0.25) is 4.79 Å². The van der Waals surface area contributed by atoms with Crippen LogP contribution in [0.1, 0.15) is 22.3 Å². The van der Waals surface area contributed by atoms with Crippen molar-refractivity contribution >= 4 is 5.78 Å². The van der Waals surface area contributed by atoms with E-state index in [2.05, 4.69) is 5.32 Å². The van der Waals surface area contributed by atoms with E-state index in [0.717, 1.165) is 5.56 Å². The number of hydrogen-bond acceptors (Lipinski definition) is 6. The smallest absolute Gasteiger partial charge is 0.164 e. The summed E-state index contributed by atoms with van der Waals surface area (Å²) in [5.41, 5.74) is 1.30. The van der Waals surface area contributed by atoms with Crippen LogP contribution in [0.4, 0.5) is 0 Å². The van der Waals surface area contributed by atoms with Crippen LogP contribution >= 0.6 is 0 Å². The third-order valence-electron chi connectivity index (χ3n) is 3.61. The lowest BCUT2D eigenvalue weighted by Gasteiger charge is -2.07. The Labute approximate surface area is 140 Å². The molecule has 0 aliphatic rings. The molecule has 6 heteroatoms. The molecule has 0 fully saturated rings. The van der Waals surface area contributed by atoms with Crippen LogP contribution in [0.3, 0.4) is 0 Å². The molecular weight excluding hydrogens is 310 g/mol. The van der Waals surface area contributed by atoms with E-state index in [9.17, 15) is 20.1 Å². The number of phenols is 3. The summed E-state index contributed by atoms with van der Waals surface area (Å²) in [4.78, 5) is 12.1. The lowest BCUT2D eigenvalue weighted by atomic mass is 10.1. The van der Waals surface area contributed by atoms with Gasteiger partial charge in [-0.2, -0.15) is 0 Å². The molecule has 0 amide bonds. The molecule has 6 nitrogen and oxygen atoms in total. The van der Waals surface area contributed by atoms with Gasteiger partial charge < -0.3 is 25.4 Å². The van der Waals surface area contributed by atoms with Gasteiger partial charge in [-0.15, -0.1) is 0 Å². The summed E-state index contributed by atoms with van der Waals surface area (Å²) >= 11 is 0. The van der Waals surface area contributed by atoms with Crippen molar-refractivity contribution in [2.24, 2.45) is 0 Å². The highest BCUT2D eigenvalue weighted by Crippen LogP contribution is 2.25. The highest BCUT2D eigenvalue weighted by atomic mass is 16.5. The zero-order valence-electron chi connectivity index (χ0n) is 13.5. The van der Waals surface area contributed by atoms with Gasteiger partial charge in [-0.05, 0) is 42.8 Å². The van der Waals surface area contributed by atoms with E-state index >= 15 is 0 Å². The highest BCUT2D eigenvalue weighted by molar-refractivity contribution is 5.97. The van der Waals surface area contributed by atoms with Gasteiger partial charge in [0.1, 0.15) is 11.5 Å². The predicted octanol–water partition coefficient (Wildman–Crippen LogP) is 2.22. The maximum absolute atomic E-state index is 12.1. The van der Waals surface area contributed by atoms with E-state index in [1.165, 1.54) is 31.4 Å². The van der Waals surface area contributed by atoms with Gasteiger partial charge in [0, 0.05) is 24.6 Å². The number of Topliss-reactive ketones (excluding diaryl/α,β-unsaturated/α-hetero) is 1. The van der Waals surface area contributed by atoms with Crippen molar-refractivity contribution < 1.29 is 24.9 Å². The lowest BCUT2D eigenvalue weighted by Crippen LogP contribution is -2.21. The van der Waals surface area contributed by atoms with E-state index in [4.69, 9.17) is 4.74 Å². The number of ether oxygens (including phenoxy) is 1. The fourth-order valence-corrected chi connectivity index (χ4v) is 2.29. The molecule has 4 N–H and O–H groups in total. The van der Waals surface area contributed by atoms with Crippen molar-refractivity contribution in [1.82, 2.24) is 5.32 Å². The third kappa shape index (κ3) is 4.89. The summed E-state index contributed by atoms with van der Waals surface area (Å²) in [6, 6.07) is 9.17. The largest absolute Gasteiger partial charge is 0.508 e. The summed E-state index contributed by atoms with van der Waals surface area (Å²) in [6.45, 7) is 1.14. The minimum atomic E-state index is -0.140. The summed E-state index contributed by atoms with van der Waals surface area (Å²) in [5, 5.41) is 31.4. The second kappa shape index (κ2) is 8.21. The van der Waals surface area contributed by atoms with Crippen molar-refractivity contribution in [3.05, 3.63) is 47.5 Å². The first-order valence-electron chi connectivity index (χ1n) is 7.62. The van der Waals surface area contributed by atoms with Crippen molar-refractivity contribution in [3.8, 4) is 23.0 Å². The van der Waals surface area contributed by atoms with Crippen molar-refractivity contribution in [2.75, 3.05) is 20.2 Å². The fourth-order valence-electron chi connectivity index (χ4n) is 2.29. The number of hydrogen-bond donors (Lipinski definition) is 4. The van der Waals surface area contributed by atoms with E-state index in [0.29, 0.717) is 37.2 Å². The first-order chi connectivity index (χ1) is 11.5. The normalized spacial score (nSPS) is 10.5. The molecule has 2 rings (SSSR count). The molecule has 0 spiro atoms. The Bertz CT molecular complexity index is 715. The Morgan fingerprint density at radius 2 is 1.83 bits per heavy atom. The van der Waals surface area contributed by atoms with Gasteiger partial charge in [0.2, 0.25) is 0 Å². The molecule has 24 heavy (non-hydrogen) atoms. The molecule has 0 radical (unpaired) electrons. The number of ketones is 1. The SMILES string of the molecule is COc1cc(O)cc(C(=O)CCNCCc2ccc(O)c(O)c2)c1. The average molecular weight is 331 g/mol. The molecule has 2 aromatic rings. The van der Waals surface area contributed by atoms with Gasteiger partial charge in [-0.1, -0.05) is 6.07 Å². The van der Waals surface area contributed by atoms with Gasteiger partial charge in [0.25, 0.3) is 0 Å². The molecule has 0 unspecified atom stereocenters. The Morgan fingerprint density at radius 3 is 2.54 bits per heavy atom. The summed E-state index contributed by atoms with van der Waals surface area (Å²) < 4.78 is 5.03. The van der Waals surface area contributed by atoms with Crippen molar-refractivity contribution in [1.29, 1.82) is 0 Å². The zero-order chi connectivity index (χ0) is 17.5. The first-order valence-corrected chi connectivity index (χ1v) is 7.62. The number of rotatable bonds is 8. The Morgan fingerprint density at radius 1 is 1.04 bits per heavy atom. The van der Waals surface area contributed by atoms with Crippen LogP contribution in [0.5, 0.6) is 23.0 Å². The second-order valence-corrected chi connectivity index (χ2v) is 5.42. The quantitative estimate of drug-likeness (QED) is 0.336. The Hall–Kier alpha value is -2.73. The minimum absolute atomic E-state index is 0.00204. The molecular formula is C18H21NO5. The number of carbonyl (C=O) groups excluding carboxylic acids is 1. The van der Waals surface area contributed by atoms with Crippen LogP contribution in [-0.2, 0) is 6.42 Å². The topological polar surface area (TPSA) is 99.0 Å². The van der Waals surface area contributed by atoms with E-state index in [1.807, 2.05) is 0 Å². The van der Waals surface area contributed by atoms with Crippen molar-refractivity contribution in [3.63, 3.8) is 0 Å². The number of phenolic OH excluding ortho intramolecular Hbond substituents is 3. The molecule has 0 atom stereocenters. The molecule has 0 saturated heterocycles. The summed E-state index contributed by atoms with van der Waals surface area (Å²) in [7, 11) is 1.48. The Balaban J connectivity index is 1.76.